The number of nitrogens with zero attached hydrogens (tertiary/aromatic N) is 1. The Bertz CT molecular complexity index is 357. The normalized spacial score (nSPS) is 24.3. The monoisotopic (exact) mass is 252 g/mol. The van der Waals surface area contributed by atoms with Gasteiger partial charge in [0.1, 0.15) is 12.1 Å². The van der Waals surface area contributed by atoms with E-state index in [2.05, 4.69) is 12.2 Å². The van der Waals surface area contributed by atoms with Gasteiger partial charge in [-0.3, -0.25) is 9.59 Å². The maximum atomic E-state index is 12.8. The highest BCUT2D eigenvalue weighted by Crippen LogP contribution is 2.34. The van der Waals surface area contributed by atoms with E-state index in [9.17, 15) is 9.59 Å². The van der Waals surface area contributed by atoms with Crippen molar-refractivity contribution >= 4 is 11.8 Å². The molecule has 0 unspecified atom stereocenters. The van der Waals surface area contributed by atoms with Gasteiger partial charge in [-0.1, -0.05) is 26.2 Å². The third-order valence-electron chi connectivity index (χ3n) is 4.64. The summed E-state index contributed by atoms with van der Waals surface area (Å²) in [5.74, 6) is 0.131. The van der Waals surface area contributed by atoms with Gasteiger partial charge in [0, 0.05) is 5.54 Å². The van der Waals surface area contributed by atoms with Crippen LogP contribution in [0.3, 0.4) is 0 Å². The topological polar surface area (TPSA) is 49.4 Å². The quantitative estimate of drug-likeness (QED) is 0.815. The van der Waals surface area contributed by atoms with Crippen LogP contribution in [0.25, 0.3) is 0 Å². The van der Waals surface area contributed by atoms with Crippen LogP contribution in [-0.4, -0.2) is 34.3 Å². The van der Waals surface area contributed by atoms with Gasteiger partial charge in [0.15, 0.2) is 0 Å². The number of hydrogen-bond donors (Lipinski definition) is 1. The molecule has 0 radical (unpaired) electrons. The molecular weight excluding hydrogens is 228 g/mol. The number of carbonyl (C=O) groups excluding carboxylic acids is 2. The van der Waals surface area contributed by atoms with Gasteiger partial charge in [-0.05, 0) is 33.1 Å². The van der Waals surface area contributed by atoms with E-state index in [1.54, 1.807) is 4.90 Å². The molecule has 2 rings (SSSR count). The van der Waals surface area contributed by atoms with Crippen molar-refractivity contribution in [2.75, 3.05) is 6.54 Å². The van der Waals surface area contributed by atoms with Crippen molar-refractivity contribution in [3.05, 3.63) is 0 Å². The summed E-state index contributed by atoms with van der Waals surface area (Å²) in [5, 5.41) is 2.98. The molecule has 2 amide bonds. The molecule has 102 valence electrons. The third-order valence-corrected chi connectivity index (χ3v) is 4.64. The van der Waals surface area contributed by atoms with Gasteiger partial charge in [0.25, 0.3) is 0 Å². The van der Waals surface area contributed by atoms with Crippen molar-refractivity contribution in [1.29, 1.82) is 0 Å². The summed E-state index contributed by atoms with van der Waals surface area (Å²) in [6, 6.07) is 0. The molecule has 1 saturated heterocycles. The average molecular weight is 252 g/mol. The third kappa shape index (κ3) is 2.13. The van der Waals surface area contributed by atoms with Crippen LogP contribution < -0.4 is 5.32 Å². The molecule has 2 fully saturated rings. The number of rotatable bonds is 2. The van der Waals surface area contributed by atoms with Gasteiger partial charge >= 0.3 is 0 Å². The second-order valence-electron chi connectivity index (χ2n) is 6.25. The average Bonchev–Trinajstić information content (AvgIpc) is 2.35. The highest BCUT2D eigenvalue weighted by molar-refractivity contribution is 5.98. The maximum absolute atomic E-state index is 12.8. The first-order valence-corrected chi connectivity index (χ1v) is 7.04. The minimum absolute atomic E-state index is 0.00183. The molecule has 0 atom stereocenters. The van der Waals surface area contributed by atoms with Gasteiger partial charge in [0.05, 0.1) is 0 Å². The maximum Gasteiger partial charge on any atom is 0.249 e. The molecule has 0 aromatic carbocycles. The van der Waals surface area contributed by atoms with E-state index in [0.717, 1.165) is 32.1 Å². The second-order valence-corrected chi connectivity index (χ2v) is 6.25. The second kappa shape index (κ2) is 4.56. The Morgan fingerprint density at radius 3 is 2.39 bits per heavy atom. The largest absolute Gasteiger partial charge is 0.340 e. The van der Waals surface area contributed by atoms with Crippen LogP contribution in [0.5, 0.6) is 0 Å². The van der Waals surface area contributed by atoms with Crippen molar-refractivity contribution in [1.82, 2.24) is 10.2 Å². The molecule has 1 heterocycles. The van der Waals surface area contributed by atoms with E-state index in [1.165, 1.54) is 6.42 Å². The SMILES string of the molecule is CCC(C)(C)N1CC(=O)NC2(CCCCC2)C1=O. The molecule has 0 aromatic rings. The van der Waals surface area contributed by atoms with E-state index in [-0.39, 0.29) is 23.9 Å². The Kier molecular flexibility index (Phi) is 3.39. The predicted octanol–water partition coefficient (Wildman–Crippen LogP) is 1.84. The summed E-state index contributed by atoms with van der Waals surface area (Å²) < 4.78 is 0. The highest BCUT2D eigenvalue weighted by atomic mass is 16.2. The molecule has 4 nitrogen and oxygen atoms in total. The van der Waals surface area contributed by atoms with Crippen LogP contribution in [-0.2, 0) is 9.59 Å². The first-order valence-electron chi connectivity index (χ1n) is 7.04. The Morgan fingerprint density at radius 2 is 1.83 bits per heavy atom. The molecule has 1 aliphatic carbocycles. The fourth-order valence-electron chi connectivity index (χ4n) is 3.01. The minimum atomic E-state index is -0.597. The number of carbonyl (C=O) groups is 2. The summed E-state index contributed by atoms with van der Waals surface area (Å²) in [5.41, 5.74) is -0.834. The fourth-order valence-corrected chi connectivity index (χ4v) is 3.01. The van der Waals surface area contributed by atoms with Crippen molar-refractivity contribution < 1.29 is 9.59 Å². The molecule has 0 aromatic heterocycles. The summed E-state index contributed by atoms with van der Waals surface area (Å²) in [4.78, 5) is 26.5. The molecule has 18 heavy (non-hydrogen) atoms. The van der Waals surface area contributed by atoms with Crippen LogP contribution in [0.1, 0.15) is 59.3 Å². The Morgan fingerprint density at radius 1 is 1.22 bits per heavy atom. The molecule has 1 aliphatic heterocycles. The Labute approximate surface area is 109 Å². The number of hydrogen-bond acceptors (Lipinski definition) is 2. The molecule has 0 bridgehead atoms. The molecule has 1 saturated carbocycles. The zero-order chi connectivity index (χ0) is 13.4. The lowest BCUT2D eigenvalue weighted by Crippen LogP contribution is -2.70. The molecule has 2 aliphatic rings. The molecule has 4 heteroatoms. The standard InChI is InChI=1S/C14H24N2O2/c1-4-13(2,3)16-10-11(17)15-14(12(16)18)8-6-5-7-9-14/h4-10H2,1-3H3,(H,15,17). The lowest BCUT2D eigenvalue weighted by molar-refractivity contribution is -0.157. The van der Waals surface area contributed by atoms with E-state index in [0.29, 0.717) is 0 Å². The van der Waals surface area contributed by atoms with Crippen LogP contribution in [0.4, 0.5) is 0 Å². The van der Waals surface area contributed by atoms with Gasteiger partial charge in [-0.25, -0.2) is 0 Å². The van der Waals surface area contributed by atoms with Gasteiger partial charge in [-0.15, -0.1) is 0 Å². The smallest absolute Gasteiger partial charge is 0.249 e. The molecule has 1 N–H and O–H groups in total. The van der Waals surface area contributed by atoms with Crippen LogP contribution in [0, 0.1) is 0 Å². The Hall–Kier alpha value is -1.06. The highest BCUT2D eigenvalue weighted by Gasteiger charge is 2.49. The summed E-state index contributed by atoms with van der Waals surface area (Å²) in [6.45, 7) is 6.36. The fraction of sp³-hybridized carbons (Fsp3) is 0.857. The summed E-state index contributed by atoms with van der Waals surface area (Å²) >= 11 is 0. The summed E-state index contributed by atoms with van der Waals surface area (Å²) in [6.07, 6.45) is 5.70. The van der Waals surface area contributed by atoms with Crippen LogP contribution in [0.15, 0.2) is 0 Å². The van der Waals surface area contributed by atoms with Gasteiger partial charge in [0.2, 0.25) is 11.8 Å². The first kappa shape index (κ1) is 13.4. The first-order chi connectivity index (χ1) is 8.41. The number of nitrogens with one attached hydrogen (secondary N) is 1. The van der Waals surface area contributed by atoms with E-state index < -0.39 is 5.54 Å². The summed E-state index contributed by atoms with van der Waals surface area (Å²) in [7, 11) is 0. The number of piperazine rings is 1. The Balaban J connectivity index is 2.28. The molecule has 1 spiro atoms. The lowest BCUT2D eigenvalue weighted by atomic mass is 9.78. The van der Waals surface area contributed by atoms with Crippen LogP contribution >= 0.6 is 0 Å². The minimum Gasteiger partial charge on any atom is -0.340 e. The zero-order valence-electron chi connectivity index (χ0n) is 11.7. The van der Waals surface area contributed by atoms with Crippen molar-refractivity contribution in [2.45, 2.75) is 70.4 Å². The van der Waals surface area contributed by atoms with Crippen LogP contribution in [0.2, 0.25) is 0 Å². The van der Waals surface area contributed by atoms with Crippen molar-refractivity contribution in [2.24, 2.45) is 0 Å². The zero-order valence-corrected chi connectivity index (χ0v) is 11.7. The molecular formula is C14H24N2O2. The van der Waals surface area contributed by atoms with E-state index >= 15 is 0 Å². The van der Waals surface area contributed by atoms with Gasteiger partial charge in [-0.2, -0.15) is 0 Å². The van der Waals surface area contributed by atoms with Gasteiger partial charge < -0.3 is 10.2 Å². The number of amides is 2. The predicted molar refractivity (Wildman–Crippen MR) is 70.0 cm³/mol. The van der Waals surface area contributed by atoms with E-state index in [1.807, 2.05) is 13.8 Å². The lowest BCUT2D eigenvalue weighted by Gasteiger charge is -2.49. The van der Waals surface area contributed by atoms with E-state index in [4.69, 9.17) is 0 Å². The van der Waals surface area contributed by atoms with Crippen molar-refractivity contribution in [3.63, 3.8) is 0 Å². The van der Waals surface area contributed by atoms with Crippen molar-refractivity contribution in [3.8, 4) is 0 Å².